The molecular weight excluding hydrogens is 476 g/mol. The summed E-state index contributed by atoms with van der Waals surface area (Å²) in [5.41, 5.74) is 2.86. The second-order valence-electron chi connectivity index (χ2n) is 11.1. The lowest BCUT2D eigenvalue weighted by Crippen LogP contribution is -2.46. The van der Waals surface area contributed by atoms with E-state index in [9.17, 15) is 4.79 Å². The summed E-state index contributed by atoms with van der Waals surface area (Å²) in [6.45, 7) is 9.84. The van der Waals surface area contributed by atoms with E-state index in [1.54, 1.807) is 0 Å². The maximum Gasteiger partial charge on any atom is 0.245 e. The van der Waals surface area contributed by atoms with Crippen LogP contribution in [0.25, 0.3) is 11.3 Å². The van der Waals surface area contributed by atoms with Crippen LogP contribution in [0.15, 0.2) is 73.2 Å². The third kappa shape index (κ3) is 5.99. The van der Waals surface area contributed by atoms with Crippen LogP contribution in [0, 0.1) is 11.3 Å². The second kappa shape index (κ2) is 11.3. The number of rotatable bonds is 9. The highest BCUT2D eigenvalue weighted by Gasteiger charge is 2.39. The Hall–Kier alpha value is -3.85. The van der Waals surface area contributed by atoms with Crippen molar-refractivity contribution in [2.45, 2.75) is 46.3 Å². The highest BCUT2D eigenvalue weighted by atomic mass is 16.2. The van der Waals surface area contributed by atoms with E-state index in [1.165, 1.54) is 16.6 Å². The van der Waals surface area contributed by atoms with E-state index in [-0.39, 0.29) is 23.9 Å². The summed E-state index contributed by atoms with van der Waals surface area (Å²) in [4.78, 5) is 21.2. The van der Waals surface area contributed by atoms with Crippen molar-refractivity contribution in [2.24, 2.45) is 11.3 Å². The molecule has 0 spiro atoms. The number of hydrogen-bond acceptors (Lipinski definition) is 6. The van der Waals surface area contributed by atoms with Gasteiger partial charge in [-0.05, 0) is 46.8 Å². The molecule has 4 aromatic rings. The Labute approximate surface area is 223 Å². The predicted octanol–water partition coefficient (Wildman–Crippen LogP) is 3.81. The summed E-state index contributed by atoms with van der Waals surface area (Å²) in [7, 11) is 0. The van der Waals surface area contributed by atoms with Crippen molar-refractivity contribution in [1.29, 1.82) is 0 Å². The molecule has 1 aliphatic rings. The third-order valence-corrected chi connectivity index (χ3v) is 7.08. The van der Waals surface area contributed by atoms with Gasteiger partial charge in [0.2, 0.25) is 5.91 Å². The summed E-state index contributed by atoms with van der Waals surface area (Å²) in [5.74, 6) is 1.25. The minimum absolute atomic E-state index is 0.0142. The average Bonchev–Trinajstić information content (AvgIpc) is 3.68. The summed E-state index contributed by atoms with van der Waals surface area (Å²) in [5, 5.41) is 14.9. The molecule has 1 saturated heterocycles. The number of benzene rings is 2. The largest absolute Gasteiger partial charge is 0.330 e. The van der Waals surface area contributed by atoms with Gasteiger partial charge < -0.3 is 14.8 Å². The van der Waals surface area contributed by atoms with E-state index in [0.717, 1.165) is 36.6 Å². The molecule has 5 rings (SSSR count). The highest BCUT2D eigenvalue weighted by molar-refractivity contribution is 5.76. The van der Waals surface area contributed by atoms with Crippen molar-refractivity contribution in [1.82, 2.24) is 40.0 Å². The fraction of sp³-hybridized carbons (Fsp3) is 0.414. The number of nitrogens with one attached hydrogen (secondary N) is 1. The minimum Gasteiger partial charge on any atom is -0.330 e. The number of nitrogens with zero attached hydrogens (tertiary/aromatic N) is 7. The van der Waals surface area contributed by atoms with Gasteiger partial charge in [0.25, 0.3) is 0 Å². The van der Waals surface area contributed by atoms with Crippen LogP contribution in [-0.4, -0.2) is 60.2 Å². The van der Waals surface area contributed by atoms with Gasteiger partial charge in [-0.2, -0.15) is 0 Å². The smallest absolute Gasteiger partial charge is 0.245 e. The van der Waals surface area contributed by atoms with Crippen LogP contribution in [0.3, 0.4) is 0 Å². The molecular formula is C29H36N8O. The van der Waals surface area contributed by atoms with Crippen molar-refractivity contribution >= 4 is 5.91 Å². The van der Waals surface area contributed by atoms with E-state index >= 15 is 0 Å². The molecule has 38 heavy (non-hydrogen) atoms. The lowest BCUT2D eigenvalue weighted by atomic mass is 9.84. The van der Waals surface area contributed by atoms with Crippen LogP contribution in [-0.2, 0) is 17.9 Å². The maximum absolute atomic E-state index is 14.0. The molecule has 0 aliphatic carbocycles. The SMILES string of the molecule is CC(C)(C)[C@H](c1nc(-c2ccccc2)cn1Cc1ccccc1)N(C[C@H]1CCNC1)C(=O)Cn1cnnn1. The van der Waals surface area contributed by atoms with E-state index in [0.29, 0.717) is 19.0 Å². The first-order valence-electron chi connectivity index (χ1n) is 13.3. The van der Waals surface area contributed by atoms with Gasteiger partial charge in [-0.15, -0.1) is 5.10 Å². The zero-order valence-electron chi connectivity index (χ0n) is 22.4. The first kappa shape index (κ1) is 25.8. The van der Waals surface area contributed by atoms with Gasteiger partial charge in [0.1, 0.15) is 18.7 Å². The molecule has 1 aliphatic heterocycles. The average molecular weight is 513 g/mol. The highest BCUT2D eigenvalue weighted by Crippen LogP contribution is 2.40. The van der Waals surface area contributed by atoms with Gasteiger partial charge in [0.05, 0.1) is 11.7 Å². The van der Waals surface area contributed by atoms with Crippen LogP contribution in [0.4, 0.5) is 0 Å². The Morgan fingerprint density at radius 2 is 1.84 bits per heavy atom. The fourth-order valence-corrected chi connectivity index (χ4v) is 5.28. The normalized spacial score (nSPS) is 16.4. The number of carbonyl (C=O) groups is 1. The molecule has 3 heterocycles. The molecule has 9 heteroatoms. The van der Waals surface area contributed by atoms with Crippen molar-refractivity contribution in [2.75, 3.05) is 19.6 Å². The molecule has 2 aromatic heterocycles. The van der Waals surface area contributed by atoms with Crippen LogP contribution in [0.1, 0.15) is 44.6 Å². The van der Waals surface area contributed by atoms with Crippen molar-refractivity contribution in [3.05, 3.63) is 84.6 Å². The Kier molecular flexibility index (Phi) is 7.64. The molecule has 0 saturated carbocycles. The Morgan fingerprint density at radius 1 is 1.11 bits per heavy atom. The Balaban J connectivity index is 1.59. The van der Waals surface area contributed by atoms with Crippen LogP contribution < -0.4 is 5.32 Å². The van der Waals surface area contributed by atoms with Crippen LogP contribution in [0.5, 0.6) is 0 Å². The molecule has 1 amide bonds. The van der Waals surface area contributed by atoms with Gasteiger partial charge in [-0.1, -0.05) is 81.4 Å². The maximum atomic E-state index is 14.0. The molecule has 1 fully saturated rings. The molecule has 0 unspecified atom stereocenters. The molecule has 9 nitrogen and oxygen atoms in total. The van der Waals surface area contributed by atoms with Crippen molar-refractivity contribution in [3.63, 3.8) is 0 Å². The zero-order valence-corrected chi connectivity index (χ0v) is 22.4. The monoisotopic (exact) mass is 512 g/mol. The molecule has 198 valence electrons. The lowest BCUT2D eigenvalue weighted by molar-refractivity contribution is -0.138. The number of carbonyl (C=O) groups excluding carboxylic acids is 1. The number of hydrogen-bond donors (Lipinski definition) is 1. The number of amides is 1. The molecule has 1 N–H and O–H groups in total. The predicted molar refractivity (Wildman–Crippen MR) is 146 cm³/mol. The zero-order chi connectivity index (χ0) is 26.5. The van der Waals surface area contributed by atoms with Crippen LogP contribution >= 0.6 is 0 Å². The van der Waals surface area contributed by atoms with Gasteiger partial charge in [-0.25, -0.2) is 9.67 Å². The van der Waals surface area contributed by atoms with E-state index in [1.807, 2.05) is 29.2 Å². The summed E-state index contributed by atoms with van der Waals surface area (Å²) in [6, 6.07) is 20.4. The minimum atomic E-state index is -0.282. The Morgan fingerprint density at radius 3 is 2.47 bits per heavy atom. The van der Waals surface area contributed by atoms with E-state index < -0.39 is 0 Å². The van der Waals surface area contributed by atoms with Gasteiger partial charge in [-0.3, -0.25) is 4.79 Å². The molecule has 2 aromatic carbocycles. The second-order valence-corrected chi connectivity index (χ2v) is 11.1. The lowest BCUT2D eigenvalue weighted by Gasteiger charge is -2.41. The topological polar surface area (TPSA) is 93.8 Å². The number of tetrazole rings is 1. The molecule has 0 bridgehead atoms. The van der Waals surface area contributed by atoms with Gasteiger partial charge >= 0.3 is 0 Å². The number of imidazole rings is 1. The van der Waals surface area contributed by atoms with Crippen molar-refractivity contribution < 1.29 is 4.79 Å². The quantitative estimate of drug-likeness (QED) is 0.367. The first-order valence-corrected chi connectivity index (χ1v) is 13.3. The summed E-state index contributed by atoms with van der Waals surface area (Å²) in [6.07, 6.45) is 4.65. The van der Waals surface area contributed by atoms with E-state index in [4.69, 9.17) is 4.98 Å². The van der Waals surface area contributed by atoms with Crippen molar-refractivity contribution in [3.8, 4) is 11.3 Å². The number of aromatic nitrogens is 6. The van der Waals surface area contributed by atoms with Crippen LogP contribution in [0.2, 0.25) is 0 Å². The molecule has 0 radical (unpaired) electrons. The standard InChI is InChI=1S/C29H36N8O/c1-29(2,3)27(37(18-23-14-15-30-16-23)26(38)20-36-21-31-33-34-36)28-32-25(24-12-8-5-9-13-24)19-35(28)17-22-10-6-4-7-11-22/h4-13,19,21,23,27,30H,14-18,20H2,1-3H3/t23-,27-/m0/s1. The summed E-state index contributed by atoms with van der Waals surface area (Å²) < 4.78 is 3.71. The Bertz CT molecular complexity index is 1310. The van der Waals surface area contributed by atoms with Gasteiger partial charge in [0, 0.05) is 24.8 Å². The third-order valence-electron chi connectivity index (χ3n) is 7.08. The summed E-state index contributed by atoms with van der Waals surface area (Å²) >= 11 is 0. The first-order chi connectivity index (χ1) is 18.4. The molecule has 2 atom stereocenters. The van der Waals surface area contributed by atoms with Gasteiger partial charge in [0.15, 0.2) is 0 Å². The fourth-order valence-electron chi connectivity index (χ4n) is 5.28. The van der Waals surface area contributed by atoms with E-state index in [2.05, 4.69) is 88.8 Å².